The van der Waals surface area contributed by atoms with Gasteiger partial charge in [0.25, 0.3) is 0 Å². The van der Waals surface area contributed by atoms with Crippen molar-refractivity contribution in [1.29, 1.82) is 0 Å². The van der Waals surface area contributed by atoms with Gasteiger partial charge in [0.1, 0.15) is 12.0 Å². The Morgan fingerprint density at radius 3 is 2.72 bits per heavy atom. The second kappa shape index (κ2) is 9.15. The van der Waals surface area contributed by atoms with Crippen LogP contribution in [0.25, 0.3) is 22.0 Å². The number of aromatic amines is 1. The molecule has 0 aliphatic carbocycles. The number of amides is 1. The van der Waals surface area contributed by atoms with Gasteiger partial charge in [0.2, 0.25) is 6.41 Å². The van der Waals surface area contributed by atoms with Crippen LogP contribution in [0.1, 0.15) is 17.7 Å². The van der Waals surface area contributed by atoms with Crippen LogP contribution < -0.4 is 11.5 Å². The van der Waals surface area contributed by atoms with Gasteiger partial charge in [0, 0.05) is 47.8 Å². The highest BCUT2D eigenvalue weighted by Gasteiger charge is 2.18. The van der Waals surface area contributed by atoms with Gasteiger partial charge in [-0.2, -0.15) is 0 Å². The molecule has 0 bridgehead atoms. The maximum Gasteiger partial charge on any atom is 0.210 e. The van der Waals surface area contributed by atoms with E-state index >= 15 is 0 Å². The molecule has 154 valence electrons. The molecule has 5 N–H and O–H groups in total. The van der Waals surface area contributed by atoms with Gasteiger partial charge in [0.15, 0.2) is 0 Å². The maximum absolute atomic E-state index is 13.9. The predicted octanol–water partition coefficient (Wildman–Crippen LogP) is 3.26. The minimum atomic E-state index is -1.19. The monoisotopic (exact) mass is 400 g/mol. The highest BCUT2D eigenvalue weighted by atomic mass is 19.1. The minimum absolute atomic E-state index is 0.0893. The van der Waals surface area contributed by atoms with Crippen LogP contribution in [0.3, 0.4) is 0 Å². The van der Waals surface area contributed by atoms with E-state index in [0.717, 1.165) is 33.3 Å². The Balaban J connectivity index is 1.91. The van der Waals surface area contributed by atoms with Crippen molar-refractivity contribution >= 4 is 17.3 Å². The Kier molecular flexibility index (Phi) is 6.61. The molecule has 1 amide bonds. The summed E-state index contributed by atoms with van der Waals surface area (Å²) >= 11 is 0. The van der Waals surface area contributed by atoms with Gasteiger partial charge >= 0.3 is 0 Å². The average molecular weight is 400 g/mol. The third kappa shape index (κ3) is 4.81. The first-order chi connectivity index (χ1) is 13.9. The molecule has 7 heteroatoms. The number of hydrogen-bond donors (Lipinski definition) is 3. The Morgan fingerprint density at radius 1 is 1.24 bits per heavy atom. The topological polar surface area (TPSA) is 88.1 Å². The molecule has 2 unspecified atom stereocenters. The molecule has 0 radical (unpaired) electrons. The number of alkyl halides is 1. The van der Waals surface area contributed by atoms with Gasteiger partial charge in [-0.3, -0.25) is 4.79 Å². The Bertz CT molecular complexity index is 988. The van der Waals surface area contributed by atoms with Crippen LogP contribution >= 0.6 is 0 Å². The first-order valence-electron chi connectivity index (χ1n) is 9.58. The third-order valence-corrected chi connectivity index (χ3v) is 5.04. The molecule has 29 heavy (non-hydrogen) atoms. The molecule has 0 aliphatic rings. The van der Waals surface area contributed by atoms with Crippen LogP contribution in [0.4, 0.5) is 8.78 Å². The Labute approximate surface area is 168 Å². The largest absolute Gasteiger partial charge is 0.358 e. The molecule has 2 aromatic carbocycles. The van der Waals surface area contributed by atoms with Crippen molar-refractivity contribution < 1.29 is 13.6 Å². The van der Waals surface area contributed by atoms with Crippen molar-refractivity contribution in [3.8, 4) is 11.1 Å². The summed E-state index contributed by atoms with van der Waals surface area (Å²) in [6.45, 7) is 2.38. The van der Waals surface area contributed by atoms with Gasteiger partial charge in [-0.15, -0.1) is 0 Å². The van der Waals surface area contributed by atoms with Crippen molar-refractivity contribution in [2.45, 2.75) is 32.1 Å². The number of benzene rings is 2. The highest BCUT2D eigenvalue weighted by Crippen LogP contribution is 2.35. The van der Waals surface area contributed by atoms with E-state index < -0.39 is 12.2 Å². The minimum Gasteiger partial charge on any atom is -0.358 e. The summed E-state index contributed by atoms with van der Waals surface area (Å²) in [7, 11) is 0. The Morgan fingerprint density at radius 2 is 2.00 bits per heavy atom. The van der Waals surface area contributed by atoms with Crippen LogP contribution in [-0.4, -0.2) is 41.6 Å². The summed E-state index contributed by atoms with van der Waals surface area (Å²) in [4.78, 5) is 16.4. The number of nitrogens with one attached hydrogen (secondary N) is 1. The van der Waals surface area contributed by atoms with Crippen molar-refractivity contribution in [3.05, 3.63) is 59.5 Å². The molecule has 3 rings (SSSR count). The zero-order chi connectivity index (χ0) is 21.0. The molecule has 5 nitrogen and oxygen atoms in total. The number of nitrogens with two attached hydrogens (primary N) is 2. The van der Waals surface area contributed by atoms with E-state index in [-0.39, 0.29) is 25.3 Å². The fourth-order valence-corrected chi connectivity index (χ4v) is 3.71. The number of carbonyl (C=O) groups is 1. The van der Waals surface area contributed by atoms with Crippen molar-refractivity contribution in [2.75, 3.05) is 13.1 Å². The lowest BCUT2D eigenvalue weighted by atomic mass is 9.96. The molecule has 3 aromatic rings. The number of aromatic nitrogens is 1. The van der Waals surface area contributed by atoms with E-state index in [2.05, 4.69) is 4.98 Å². The van der Waals surface area contributed by atoms with E-state index in [1.165, 1.54) is 17.0 Å². The standard InChI is InChI=1S/C22H26F2N4O/c1-14-22(20-9-16(23)6-7-21(20)27-14)19-5-3-2-4-15(19)11-28(13-29)12-18(26)8-17(24)10-25/h2-7,9,13,17-18,27H,8,10-12,25-26H2,1H3. The lowest BCUT2D eigenvalue weighted by Crippen LogP contribution is -2.39. The Hall–Kier alpha value is -2.77. The van der Waals surface area contributed by atoms with Crippen LogP contribution in [0.5, 0.6) is 0 Å². The quantitative estimate of drug-likeness (QED) is 0.482. The summed E-state index contributed by atoms with van der Waals surface area (Å²) in [6, 6.07) is 11.8. The van der Waals surface area contributed by atoms with Crippen molar-refractivity contribution in [1.82, 2.24) is 9.88 Å². The molecule has 0 aliphatic heterocycles. The molecular formula is C22H26F2N4O. The van der Waals surface area contributed by atoms with E-state index in [4.69, 9.17) is 11.5 Å². The van der Waals surface area contributed by atoms with E-state index in [1.807, 2.05) is 31.2 Å². The molecule has 0 fully saturated rings. The summed E-state index contributed by atoms with van der Waals surface area (Å²) in [5, 5.41) is 0.785. The van der Waals surface area contributed by atoms with Gasteiger partial charge < -0.3 is 21.4 Å². The number of aryl methyl sites for hydroxylation is 1. The van der Waals surface area contributed by atoms with Crippen LogP contribution in [0, 0.1) is 12.7 Å². The lowest BCUT2D eigenvalue weighted by Gasteiger charge is -2.24. The first-order valence-corrected chi connectivity index (χ1v) is 9.58. The molecule has 2 atom stereocenters. The van der Waals surface area contributed by atoms with E-state index in [1.54, 1.807) is 6.07 Å². The number of rotatable bonds is 9. The highest BCUT2D eigenvalue weighted by molar-refractivity contribution is 5.98. The smallest absolute Gasteiger partial charge is 0.210 e. The summed E-state index contributed by atoms with van der Waals surface area (Å²) in [6.07, 6.45) is -0.369. The second-order valence-electron chi connectivity index (χ2n) is 7.34. The molecule has 0 spiro atoms. The number of carbonyl (C=O) groups excluding carboxylic acids is 1. The second-order valence-corrected chi connectivity index (χ2v) is 7.34. The van der Waals surface area contributed by atoms with E-state index in [0.29, 0.717) is 13.0 Å². The van der Waals surface area contributed by atoms with Crippen LogP contribution in [0.15, 0.2) is 42.5 Å². The van der Waals surface area contributed by atoms with Gasteiger partial charge in [-0.05, 0) is 42.7 Å². The predicted molar refractivity (Wildman–Crippen MR) is 111 cm³/mol. The molecule has 0 saturated carbocycles. The number of hydrogen-bond acceptors (Lipinski definition) is 3. The summed E-state index contributed by atoms with van der Waals surface area (Å²) in [5.41, 5.74) is 15.8. The first kappa shape index (κ1) is 21.0. The lowest BCUT2D eigenvalue weighted by molar-refractivity contribution is -0.119. The van der Waals surface area contributed by atoms with Gasteiger partial charge in [-0.25, -0.2) is 8.78 Å². The fourth-order valence-electron chi connectivity index (χ4n) is 3.71. The molecule has 1 aromatic heterocycles. The van der Waals surface area contributed by atoms with Crippen LogP contribution in [-0.2, 0) is 11.3 Å². The van der Waals surface area contributed by atoms with Gasteiger partial charge in [0.05, 0.1) is 0 Å². The average Bonchev–Trinajstić information content (AvgIpc) is 3.02. The number of halogens is 2. The molecule has 0 saturated heterocycles. The van der Waals surface area contributed by atoms with Crippen LogP contribution in [0.2, 0.25) is 0 Å². The fraction of sp³-hybridized carbons (Fsp3) is 0.318. The summed E-state index contributed by atoms with van der Waals surface area (Å²) < 4.78 is 27.4. The van der Waals surface area contributed by atoms with Crippen molar-refractivity contribution in [3.63, 3.8) is 0 Å². The SMILES string of the molecule is Cc1[nH]c2ccc(F)cc2c1-c1ccccc1CN(C=O)CC(N)CC(F)CN. The van der Waals surface area contributed by atoms with E-state index in [9.17, 15) is 13.6 Å². The zero-order valence-corrected chi connectivity index (χ0v) is 16.4. The maximum atomic E-state index is 13.9. The molecular weight excluding hydrogens is 374 g/mol. The van der Waals surface area contributed by atoms with Gasteiger partial charge in [-0.1, -0.05) is 24.3 Å². The number of nitrogens with zero attached hydrogens (tertiary/aromatic N) is 1. The zero-order valence-electron chi connectivity index (χ0n) is 16.4. The summed E-state index contributed by atoms with van der Waals surface area (Å²) in [5.74, 6) is -0.309. The third-order valence-electron chi connectivity index (χ3n) is 5.04. The number of H-pyrrole nitrogens is 1. The molecule has 1 heterocycles. The number of fused-ring (bicyclic) bond motifs is 1. The van der Waals surface area contributed by atoms with Crippen molar-refractivity contribution in [2.24, 2.45) is 11.5 Å². The normalized spacial score (nSPS) is 13.4.